The van der Waals surface area contributed by atoms with Crippen LogP contribution in [0.15, 0.2) is 36.4 Å². The van der Waals surface area contributed by atoms with Crippen molar-refractivity contribution in [3.63, 3.8) is 0 Å². The van der Waals surface area contributed by atoms with Gasteiger partial charge in [-0.3, -0.25) is 0 Å². The van der Waals surface area contributed by atoms with Crippen LogP contribution in [0.4, 0.5) is 0 Å². The predicted molar refractivity (Wildman–Crippen MR) is 141 cm³/mol. The van der Waals surface area contributed by atoms with Crippen LogP contribution >= 0.6 is 28.4 Å². The summed E-state index contributed by atoms with van der Waals surface area (Å²) in [5, 5.41) is 1.16. The first kappa shape index (κ1) is 25.7. The van der Waals surface area contributed by atoms with Crippen LogP contribution in [-0.2, 0) is 0 Å². The highest BCUT2D eigenvalue weighted by molar-refractivity contribution is 8.22. The summed E-state index contributed by atoms with van der Waals surface area (Å²) >= 11 is 14.2. The van der Waals surface area contributed by atoms with Gasteiger partial charge in [-0.05, 0) is 58.9 Å². The summed E-state index contributed by atoms with van der Waals surface area (Å²) in [5.41, 5.74) is 6.85. The summed E-state index contributed by atoms with van der Waals surface area (Å²) < 4.78 is 0. The van der Waals surface area contributed by atoms with Gasteiger partial charge in [-0.2, -0.15) is 0 Å². The third-order valence-corrected chi connectivity index (χ3v) is 10.0. The van der Waals surface area contributed by atoms with E-state index in [-0.39, 0.29) is 0 Å². The molecule has 30 heavy (non-hydrogen) atoms. The number of unbranched alkanes of at least 4 members (excludes halogenated alkanes) is 3. The fourth-order valence-corrected chi connectivity index (χ4v) is 7.40. The molecule has 0 aliphatic rings. The molecule has 0 saturated heterocycles. The average molecular weight is 466 g/mol. The maximum absolute atomic E-state index is 7.12. The molecular formula is C27H40Cl2P+. The lowest BCUT2D eigenvalue weighted by Crippen LogP contribution is -2.13. The Balaban J connectivity index is 2.67. The van der Waals surface area contributed by atoms with Crippen molar-refractivity contribution in [2.75, 3.05) is 6.16 Å². The van der Waals surface area contributed by atoms with Crippen LogP contribution in [0.3, 0.4) is 0 Å². The zero-order chi connectivity index (χ0) is 22.5. The first-order chi connectivity index (χ1) is 14.1. The largest absolute Gasteiger partial charge is 0.244 e. The van der Waals surface area contributed by atoms with E-state index in [1.165, 1.54) is 47.1 Å². The van der Waals surface area contributed by atoms with Crippen LogP contribution in [0.1, 0.15) is 109 Å². The lowest BCUT2D eigenvalue weighted by molar-refractivity contribution is 0.705. The molecule has 0 spiro atoms. The van der Waals surface area contributed by atoms with Gasteiger partial charge in [0.05, 0.1) is 6.16 Å². The minimum absolute atomic E-state index is 0.437. The highest BCUT2D eigenvalue weighted by atomic mass is 35.9. The number of hydrogen-bond donors (Lipinski definition) is 0. The molecule has 0 bridgehead atoms. The Bertz CT molecular complexity index is 792. The zero-order valence-corrected chi connectivity index (χ0v) is 22.3. The summed E-state index contributed by atoms with van der Waals surface area (Å²) in [6, 6.07) is 13.5. The Labute approximate surface area is 195 Å². The third kappa shape index (κ3) is 6.25. The molecule has 0 aliphatic carbocycles. The lowest BCUT2D eigenvalue weighted by atomic mass is 9.82. The highest BCUT2D eigenvalue weighted by Crippen LogP contribution is 2.69. The molecule has 0 amide bonds. The van der Waals surface area contributed by atoms with E-state index in [0.717, 1.165) is 17.9 Å². The van der Waals surface area contributed by atoms with Gasteiger partial charge in [0.15, 0.2) is 0 Å². The Kier molecular flexibility index (Phi) is 9.73. The lowest BCUT2D eigenvalue weighted by Gasteiger charge is -2.25. The van der Waals surface area contributed by atoms with Crippen molar-refractivity contribution in [2.24, 2.45) is 0 Å². The van der Waals surface area contributed by atoms with Crippen molar-refractivity contribution < 1.29 is 0 Å². The van der Waals surface area contributed by atoms with Crippen molar-refractivity contribution in [1.29, 1.82) is 0 Å². The smallest absolute Gasteiger partial charge is 0.0654 e. The molecule has 0 atom stereocenters. The van der Waals surface area contributed by atoms with Gasteiger partial charge in [0.25, 0.3) is 0 Å². The molecule has 2 rings (SSSR count). The Morgan fingerprint density at radius 1 is 0.767 bits per heavy atom. The summed E-state index contributed by atoms with van der Waals surface area (Å²) in [6.07, 6.45) is 5.68. The van der Waals surface area contributed by atoms with Gasteiger partial charge in [0.2, 0.25) is 5.97 Å². The molecule has 2 aromatic carbocycles. The second-order valence-corrected chi connectivity index (χ2v) is 15.6. The standard InChI is InChI=1S/C27H40Cl2P/c1-8-9-10-13-16-30(28,29)26-15-12-11-14-23(26)27-24(20(4)5)17-22(19(2)3)18-25(27)21(6)7/h11-12,14-15,17-21H,8-10,13,16H2,1-7H3/q+1. The van der Waals surface area contributed by atoms with Crippen molar-refractivity contribution in [1.82, 2.24) is 0 Å². The zero-order valence-electron chi connectivity index (χ0n) is 19.9. The second kappa shape index (κ2) is 11.4. The molecule has 0 radical (unpaired) electrons. The summed E-state index contributed by atoms with van der Waals surface area (Å²) in [6.45, 7) is 16.0. The van der Waals surface area contributed by atoms with Crippen molar-refractivity contribution in [3.05, 3.63) is 53.1 Å². The quantitative estimate of drug-likeness (QED) is 0.241. The van der Waals surface area contributed by atoms with Crippen molar-refractivity contribution in [3.8, 4) is 11.1 Å². The molecule has 166 valence electrons. The molecule has 0 N–H and O–H groups in total. The van der Waals surface area contributed by atoms with Crippen LogP contribution < -0.4 is 5.30 Å². The van der Waals surface area contributed by atoms with Crippen LogP contribution in [0.2, 0.25) is 0 Å². The van der Waals surface area contributed by atoms with Crippen LogP contribution in [-0.4, -0.2) is 6.16 Å². The van der Waals surface area contributed by atoms with Gasteiger partial charge < -0.3 is 0 Å². The van der Waals surface area contributed by atoms with Gasteiger partial charge in [0, 0.05) is 5.56 Å². The van der Waals surface area contributed by atoms with E-state index < -0.39 is 5.97 Å². The van der Waals surface area contributed by atoms with E-state index in [0.29, 0.717) is 17.8 Å². The van der Waals surface area contributed by atoms with Gasteiger partial charge in [-0.1, -0.05) is 91.6 Å². The van der Waals surface area contributed by atoms with Gasteiger partial charge >= 0.3 is 0 Å². The van der Waals surface area contributed by atoms with E-state index in [9.17, 15) is 0 Å². The maximum atomic E-state index is 7.12. The molecule has 0 unspecified atom stereocenters. The van der Waals surface area contributed by atoms with Gasteiger partial charge in [0.1, 0.15) is 27.8 Å². The molecular weight excluding hydrogens is 426 g/mol. The van der Waals surface area contributed by atoms with E-state index in [1.807, 2.05) is 0 Å². The van der Waals surface area contributed by atoms with Gasteiger partial charge in [-0.25, -0.2) is 0 Å². The number of rotatable bonds is 10. The van der Waals surface area contributed by atoms with Crippen LogP contribution in [0.5, 0.6) is 0 Å². The molecule has 0 aromatic heterocycles. The van der Waals surface area contributed by atoms with E-state index in [1.54, 1.807) is 0 Å². The Morgan fingerprint density at radius 3 is 1.83 bits per heavy atom. The Morgan fingerprint density at radius 2 is 1.33 bits per heavy atom. The van der Waals surface area contributed by atoms with E-state index in [2.05, 4.69) is 84.9 Å². The molecule has 0 fully saturated rings. The fourth-order valence-electron chi connectivity index (χ4n) is 4.09. The Hall–Kier alpha value is -0.550. The number of benzene rings is 2. The number of hydrogen-bond acceptors (Lipinski definition) is 0. The van der Waals surface area contributed by atoms with Gasteiger partial charge in [-0.15, -0.1) is 0 Å². The van der Waals surface area contributed by atoms with Crippen molar-refractivity contribution >= 4 is 33.8 Å². The summed E-state index contributed by atoms with van der Waals surface area (Å²) in [4.78, 5) is 0. The summed E-state index contributed by atoms with van der Waals surface area (Å²) in [5.74, 6) is -0.841. The molecule has 2 aromatic rings. The summed E-state index contributed by atoms with van der Waals surface area (Å²) in [7, 11) is 0. The molecule has 0 aliphatic heterocycles. The monoisotopic (exact) mass is 465 g/mol. The maximum Gasteiger partial charge on any atom is 0.244 e. The highest BCUT2D eigenvalue weighted by Gasteiger charge is 2.40. The fraction of sp³-hybridized carbons (Fsp3) is 0.556. The molecule has 0 heterocycles. The minimum Gasteiger partial charge on any atom is -0.0654 e. The third-order valence-electron chi connectivity index (χ3n) is 5.95. The van der Waals surface area contributed by atoms with Crippen LogP contribution in [0.25, 0.3) is 11.1 Å². The number of halogens is 2. The predicted octanol–water partition coefficient (Wildman–Crippen LogP) is 10.3. The average Bonchev–Trinajstić information content (AvgIpc) is 2.70. The van der Waals surface area contributed by atoms with Crippen molar-refractivity contribution in [2.45, 2.75) is 91.9 Å². The second-order valence-electron chi connectivity index (χ2n) is 9.47. The van der Waals surface area contributed by atoms with E-state index >= 15 is 0 Å². The SMILES string of the molecule is CCCCCC[P+](Cl)(Cl)c1ccccc1-c1c(C(C)C)cc(C(C)C)cc1C(C)C. The topological polar surface area (TPSA) is 0 Å². The molecule has 0 saturated carbocycles. The van der Waals surface area contributed by atoms with E-state index in [4.69, 9.17) is 22.5 Å². The first-order valence-corrected chi connectivity index (χ1v) is 15.4. The first-order valence-electron chi connectivity index (χ1n) is 11.6. The molecule has 3 heteroatoms. The van der Waals surface area contributed by atoms with Crippen LogP contribution in [0, 0.1) is 0 Å². The molecule has 0 nitrogen and oxygen atoms in total. The minimum atomic E-state index is -2.22. The normalized spacial score (nSPS) is 12.4.